The summed E-state index contributed by atoms with van der Waals surface area (Å²) >= 11 is 0. The van der Waals surface area contributed by atoms with Crippen LogP contribution >= 0.6 is 0 Å². The minimum absolute atomic E-state index is 0.0506. The van der Waals surface area contributed by atoms with Crippen molar-refractivity contribution in [1.29, 1.82) is 0 Å². The molecular weight excluding hydrogens is 312 g/mol. The number of phenolic OH excluding ortho intramolecular Hbond substituents is 1. The van der Waals surface area contributed by atoms with E-state index < -0.39 is 6.10 Å². The second kappa shape index (κ2) is 6.31. The van der Waals surface area contributed by atoms with Crippen molar-refractivity contribution < 1.29 is 28.8 Å². The average Bonchev–Trinajstić information content (AvgIpc) is 2.62. The molecule has 1 N–H and O–H groups in total. The van der Waals surface area contributed by atoms with Crippen LogP contribution in [0.4, 0.5) is 0 Å². The first kappa shape index (κ1) is 16.0. The summed E-state index contributed by atoms with van der Waals surface area (Å²) in [7, 11) is 4.22. The van der Waals surface area contributed by atoms with Crippen LogP contribution in [-0.4, -0.2) is 32.2 Å². The zero-order chi connectivity index (χ0) is 17.3. The molecule has 2 aromatic rings. The van der Waals surface area contributed by atoms with Crippen molar-refractivity contribution in [3.8, 4) is 28.7 Å². The van der Waals surface area contributed by atoms with Crippen LogP contribution in [0.5, 0.6) is 28.7 Å². The Balaban J connectivity index is 2.18. The number of hydrogen-bond acceptors (Lipinski definition) is 6. The molecule has 0 saturated heterocycles. The average molecular weight is 330 g/mol. The molecule has 0 saturated carbocycles. The number of ether oxygens (including phenoxy) is 4. The first-order valence-corrected chi connectivity index (χ1v) is 7.42. The lowest BCUT2D eigenvalue weighted by Crippen LogP contribution is -2.21. The van der Waals surface area contributed by atoms with Gasteiger partial charge in [0.05, 0.1) is 27.8 Å². The Hall–Kier alpha value is -2.89. The van der Waals surface area contributed by atoms with E-state index in [1.165, 1.54) is 21.3 Å². The van der Waals surface area contributed by atoms with Crippen LogP contribution in [-0.2, 0) is 0 Å². The lowest BCUT2D eigenvalue weighted by Gasteiger charge is -2.28. The molecule has 0 aliphatic carbocycles. The van der Waals surface area contributed by atoms with Gasteiger partial charge in [0.25, 0.3) is 0 Å². The molecule has 3 rings (SSSR count). The number of hydrogen-bond donors (Lipinski definition) is 1. The van der Waals surface area contributed by atoms with Gasteiger partial charge >= 0.3 is 0 Å². The number of Topliss-reactive ketones (excluding diaryl/α,β-unsaturated/α-hetero) is 1. The van der Waals surface area contributed by atoms with Crippen LogP contribution in [0.15, 0.2) is 30.3 Å². The minimum atomic E-state index is -0.486. The molecule has 2 aromatic carbocycles. The molecule has 0 bridgehead atoms. The quantitative estimate of drug-likeness (QED) is 0.928. The summed E-state index contributed by atoms with van der Waals surface area (Å²) in [6.45, 7) is 0. The maximum absolute atomic E-state index is 12.7. The lowest BCUT2D eigenvalue weighted by molar-refractivity contribution is 0.0833. The molecule has 0 radical (unpaired) electrons. The van der Waals surface area contributed by atoms with Crippen LogP contribution in [0.1, 0.15) is 28.4 Å². The van der Waals surface area contributed by atoms with Gasteiger partial charge in [0, 0.05) is 0 Å². The van der Waals surface area contributed by atoms with Crippen molar-refractivity contribution >= 4 is 5.78 Å². The van der Waals surface area contributed by atoms with E-state index in [0.29, 0.717) is 0 Å². The highest BCUT2D eigenvalue weighted by Crippen LogP contribution is 2.55. The van der Waals surface area contributed by atoms with Crippen molar-refractivity contribution in [3.05, 3.63) is 41.5 Å². The van der Waals surface area contributed by atoms with Crippen LogP contribution in [0, 0.1) is 0 Å². The Labute approximate surface area is 139 Å². The van der Waals surface area contributed by atoms with Gasteiger partial charge < -0.3 is 24.1 Å². The SMILES string of the molecule is COc1c(O)c2c(c(OC)c1OC)C(=O)CC(c1ccccc1)O2. The Morgan fingerprint density at radius 3 is 2.21 bits per heavy atom. The molecule has 24 heavy (non-hydrogen) atoms. The molecule has 6 heteroatoms. The Morgan fingerprint density at radius 1 is 1.00 bits per heavy atom. The van der Waals surface area contributed by atoms with Crippen molar-refractivity contribution in [3.63, 3.8) is 0 Å². The topological polar surface area (TPSA) is 74.2 Å². The molecule has 6 nitrogen and oxygen atoms in total. The smallest absolute Gasteiger partial charge is 0.211 e. The third-order valence-corrected chi connectivity index (χ3v) is 3.99. The second-order valence-electron chi connectivity index (χ2n) is 5.30. The van der Waals surface area contributed by atoms with Gasteiger partial charge in [-0.05, 0) is 5.56 Å². The monoisotopic (exact) mass is 330 g/mol. The summed E-state index contributed by atoms with van der Waals surface area (Å²) in [5.74, 6) is -0.00780. The van der Waals surface area contributed by atoms with Gasteiger partial charge in [-0.2, -0.15) is 0 Å². The fraction of sp³-hybridized carbons (Fsp3) is 0.278. The third-order valence-electron chi connectivity index (χ3n) is 3.99. The highest BCUT2D eigenvalue weighted by molar-refractivity contribution is 6.05. The third kappa shape index (κ3) is 2.40. The number of rotatable bonds is 4. The van der Waals surface area contributed by atoms with E-state index in [1.54, 1.807) is 0 Å². The molecule has 1 aliphatic rings. The van der Waals surface area contributed by atoms with E-state index in [9.17, 15) is 9.90 Å². The van der Waals surface area contributed by atoms with Crippen LogP contribution in [0.3, 0.4) is 0 Å². The maximum atomic E-state index is 12.7. The van der Waals surface area contributed by atoms with Gasteiger partial charge in [0.1, 0.15) is 11.7 Å². The van der Waals surface area contributed by atoms with E-state index in [0.717, 1.165) is 5.56 Å². The number of carbonyl (C=O) groups excluding carboxylic acids is 1. The van der Waals surface area contributed by atoms with E-state index in [-0.39, 0.29) is 46.5 Å². The number of aromatic hydroxyl groups is 1. The Kier molecular flexibility index (Phi) is 4.20. The van der Waals surface area contributed by atoms with Gasteiger partial charge in [0.15, 0.2) is 17.3 Å². The molecule has 0 fully saturated rings. The molecule has 0 aromatic heterocycles. The molecular formula is C18H18O6. The standard InChI is InChI=1S/C18H18O6/c1-21-16-13-11(19)9-12(10-7-5-4-6-8-10)24-15(13)14(20)17(22-2)18(16)23-3/h4-8,12,20H,9H2,1-3H3. The second-order valence-corrected chi connectivity index (χ2v) is 5.30. The summed E-state index contributed by atoms with van der Waals surface area (Å²) < 4.78 is 21.7. The zero-order valence-electron chi connectivity index (χ0n) is 13.7. The lowest BCUT2D eigenvalue weighted by atomic mass is 9.94. The number of methoxy groups -OCH3 is 3. The Bertz CT molecular complexity index is 769. The van der Waals surface area contributed by atoms with E-state index in [1.807, 2.05) is 30.3 Å². The van der Waals surface area contributed by atoms with Gasteiger partial charge in [-0.1, -0.05) is 30.3 Å². The first-order chi connectivity index (χ1) is 11.6. The molecule has 0 amide bonds. The van der Waals surface area contributed by atoms with E-state index in [4.69, 9.17) is 18.9 Å². The molecule has 1 aliphatic heterocycles. The minimum Gasteiger partial charge on any atom is -0.502 e. The highest BCUT2D eigenvalue weighted by atomic mass is 16.5. The van der Waals surface area contributed by atoms with Crippen molar-refractivity contribution in [2.75, 3.05) is 21.3 Å². The normalized spacial score (nSPS) is 16.1. The molecule has 1 unspecified atom stereocenters. The van der Waals surface area contributed by atoms with Gasteiger partial charge in [0.2, 0.25) is 17.2 Å². The van der Waals surface area contributed by atoms with E-state index in [2.05, 4.69) is 0 Å². The highest BCUT2D eigenvalue weighted by Gasteiger charge is 2.37. The summed E-state index contributed by atoms with van der Waals surface area (Å²) in [5, 5.41) is 10.5. The van der Waals surface area contributed by atoms with Gasteiger partial charge in [-0.3, -0.25) is 4.79 Å². The summed E-state index contributed by atoms with van der Waals surface area (Å²) in [5.41, 5.74) is 1.02. The molecule has 1 atom stereocenters. The van der Waals surface area contributed by atoms with Gasteiger partial charge in [-0.25, -0.2) is 0 Å². The number of carbonyl (C=O) groups is 1. The largest absolute Gasteiger partial charge is 0.502 e. The fourth-order valence-corrected chi connectivity index (χ4v) is 2.89. The first-order valence-electron chi connectivity index (χ1n) is 7.42. The number of benzene rings is 2. The predicted molar refractivity (Wildman–Crippen MR) is 86.5 cm³/mol. The summed E-state index contributed by atoms with van der Waals surface area (Å²) in [4.78, 5) is 12.7. The van der Waals surface area contributed by atoms with Crippen molar-refractivity contribution in [2.24, 2.45) is 0 Å². The predicted octanol–water partition coefficient (Wildman–Crippen LogP) is 3.12. The molecule has 126 valence electrons. The maximum Gasteiger partial charge on any atom is 0.211 e. The van der Waals surface area contributed by atoms with E-state index >= 15 is 0 Å². The fourth-order valence-electron chi connectivity index (χ4n) is 2.89. The molecule has 0 spiro atoms. The summed E-state index contributed by atoms with van der Waals surface area (Å²) in [6, 6.07) is 9.37. The van der Waals surface area contributed by atoms with Gasteiger partial charge in [-0.15, -0.1) is 0 Å². The number of ketones is 1. The van der Waals surface area contributed by atoms with Crippen molar-refractivity contribution in [2.45, 2.75) is 12.5 Å². The summed E-state index contributed by atoms with van der Waals surface area (Å²) in [6.07, 6.45) is -0.345. The van der Waals surface area contributed by atoms with Crippen LogP contribution < -0.4 is 18.9 Å². The Morgan fingerprint density at radius 2 is 1.62 bits per heavy atom. The van der Waals surface area contributed by atoms with Crippen molar-refractivity contribution in [1.82, 2.24) is 0 Å². The zero-order valence-corrected chi connectivity index (χ0v) is 13.7. The number of phenols is 1. The van der Waals surface area contributed by atoms with Crippen LogP contribution in [0.2, 0.25) is 0 Å². The number of fused-ring (bicyclic) bond motifs is 1. The molecule has 1 heterocycles. The van der Waals surface area contributed by atoms with Crippen LogP contribution in [0.25, 0.3) is 0 Å².